The van der Waals surface area contributed by atoms with Crippen LogP contribution in [0.2, 0.25) is 0 Å². The summed E-state index contributed by atoms with van der Waals surface area (Å²) >= 11 is 0. The highest BCUT2D eigenvalue weighted by Crippen LogP contribution is 2.31. The lowest BCUT2D eigenvalue weighted by Gasteiger charge is -2.18. The Kier molecular flexibility index (Phi) is 5.35. The molecule has 19 heavy (non-hydrogen) atoms. The van der Waals surface area contributed by atoms with Gasteiger partial charge in [-0.05, 0) is 18.6 Å². The second-order valence-electron chi connectivity index (χ2n) is 4.08. The number of hydrogen-bond donors (Lipinski definition) is 1. The minimum absolute atomic E-state index is 0.260. The Bertz CT molecular complexity index is 432. The maximum absolute atomic E-state index is 12.8. The molecule has 0 radical (unpaired) electrons. The largest absolute Gasteiger partial charge is 0.417 e. The molecule has 0 saturated heterocycles. The third-order valence-corrected chi connectivity index (χ3v) is 2.67. The van der Waals surface area contributed by atoms with Gasteiger partial charge in [0, 0.05) is 7.11 Å². The molecule has 0 aliphatic carbocycles. The summed E-state index contributed by atoms with van der Waals surface area (Å²) in [5.74, 6) is -0.739. The van der Waals surface area contributed by atoms with Crippen LogP contribution in [0.1, 0.15) is 29.3 Å². The number of ether oxygens (including phenoxy) is 1. The van der Waals surface area contributed by atoms with Crippen LogP contribution >= 0.6 is 0 Å². The van der Waals surface area contributed by atoms with Crippen molar-refractivity contribution in [3.8, 4) is 0 Å². The van der Waals surface area contributed by atoms with Gasteiger partial charge in [0.25, 0.3) is 5.91 Å². The molecule has 1 amide bonds. The summed E-state index contributed by atoms with van der Waals surface area (Å²) in [5, 5.41) is 2.53. The number of rotatable bonds is 5. The summed E-state index contributed by atoms with van der Waals surface area (Å²) in [6, 6.07) is 4.41. The first-order chi connectivity index (χ1) is 8.90. The molecule has 0 aliphatic rings. The first kappa shape index (κ1) is 15.5. The molecular formula is C13H16F3NO2. The van der Waals surface area contributed by atoms with Gasteiger partial charge < -0.3 is 10.1 Å². The molecule has 1 aromatic rings. The Morgan fingerprint density at radius 1 is 1.37 bits per heavy atom. The predicted molar refractivity (Wildman–Crippen MR) is 64.9 cm³/mol. The van der Waals surface area contributed by atoms with Crippen LogP contribution in [0.5, 0.6) is 0 Å². The van der Waals surface area contributed by atoms with Gasteiger partial charge in [0.1, 0.15) is 0 Å². The molecule has 0 bridgehead atoms. The van der Waals surface area contributed by atoms with Gasteiger partial charge in [-0.2, -0.15) is 13.2 Å². The van der Waals surface area contributed by atoms with Gasteiger partial charge in [0.2, 0.25) is 0 Å². The normalized spacial score (nSPS) is 13.1. The van der Waals surface area contributed by atoms with E-state index in [1.165, 1.54) is 19.2 Å². The van der Waals surface area contributed by atoms with Gasteiger partial charge in [-0.3, -0.25) is 4.79 Å². The summed E-state index contributed by atoms with van der Waals surface area (Å²) < 4.78 is 43.2. The van der Waals surface area contributed by atoms with Crippen LogP contribution in [0.3, 0.4) is 0 Å². The van der Waals surface area contributed by atoms with Crippen LogP contribution < -0.4 is 5.32 Å². The lowest BCUT2D eigenvalue weighted by Crippen LogP contribution is -2.38. The number of hydrogen-bond acceptors (Lipinski definition) is 2. The van der Waals surface area contributed by atoms with Crippen LogP contribution in [0, 0.1) is 0 Å². The summed E-state index contributed by atoms with van der Waals surface area (Å²) in [6.07, 6.45) is -3.97. The smallest absolute Gasteiger partial charge is 0.383 e. The molecule has 1 N–H and O–H groups in total. The van der Waals surface area contributed by atoms with Crippen molar-refractivity contribution in [1.82, 2.24) is 5.32 Å². The van der Waals surface area contributed by atoms with Crippen molar-refractivity contribution in [3.63, 3.8) is 0 Å². The number of amides is 1. The van der Waals surface area contributed by atoms with Crippen LogP contribution in [-0.4, -0.2) is 25.7 Å². The minimum Gasteiger partial charge on any atom is -0.383 e. The molecule has 106 valence electrons. The van der Waals surface area contributed by atoms with E-state index in [1.54, 1.807) is 0 Å². The second kappa shape index (κ2) is 6.56. The Morgan fingerprint density at radius 3 is 2.53 bits per heavy atom. The molecular weight excluding hydrogens is 259 g/mol. The van der Waals surface area contributed by atoms with Gasteiger partial charge in [-0.15, -0.1) is 0 Å². The molecule has 1 rings (SSSR count). The van der Waals surface area contributed by atoms with E-state index in [-0.39, 0.29) is 18.2 Å². The first-order valence-corrected chi connectivity index (χ1v) is 5.86. The molecule has 0 fully saturated rings. The van der Waals surface area contributed by atoms with Crippen LogP contribution in [-0.2, 0) is 10.9 Å². The molecule has 0 aliphatic heterocycles. The number of methoxy groups -OCH3 is 1. The summed E-state index contributed by atoms with van der Waals surface area (Å²) in [6.45, 7) is 2.08. The van der Waals surface area contributed by atoms with Crippen molar-refractivity contribution in [1.29, 1.82) is 0 Å². The molecule has 1 atom stereocenters. The standard InChI is InChI=1S/C13H16F3NO2/c1-3-9(8-19-2)17-12(18)10-6-4-5-7-11(10)13(14,15)16/h4-7,9H,3,8H2,1-2H3,(H,17,18)/t9-/m1/s1. The van der Waals surface area contributed by atoms with Crippen molar-refractivity contribution in [2.45, 2.75) is 25.6 Å². The molecule has 0 unspecified atom stereocenters. The molecule has 0 heterocycles. The number of benzene rings is 1. The van der Waals surface area contributed by atoms with E-state index >= 15 is 0 Å². The number of carbonyl (C=O) groups excluding carboxylic acids is 1. The van der Waals surface area contributed by atoms with E-state index in [2.05, 4.69) is 5.32 Å². The van der Waals surface area contributed by atoms with Gasteiger partial charge in [-0.25, -0.2) is 0 Å². The highest BCUT2D eigenvalue weighted by atomic mass is 19.4. The zero-order valence-electron chi connectivity index (χ0n) is 10.8. The predicted octanol–water partition coefficient (Wildman–Crippen LogP) is 2.86. The van der Waals surface area contributed by atoms with Gasteiger partial charge in [0.15, 0.2) is 0 Å². The zero-order valence-corrected chi connectivity index (χ0v) is 10.8. The van der Waals surface area contributed by atoms with Gasteiger partial charge >= 0.3 is 6.18 Å². The first-order valence-electron chi connectivity index (χ1n) is 5.86. The highest BCUT2D eigenvalue weighted by Gasteiger charge is 2.35. The number of carbonyl (C=O) groups is 1. The topological polar surface area (TPSA) is 38.3 Å². The molecule has 6 heteroatoms. The Hall–Kier alpha value is -1.56. The lowest BCUT2D eigenvalue weighted by atomic mass is 10.1. The third-order valence-electron chi connectivity index (χ3n) is 2.67. The van der Waals surface area contributed by atoms with Crippen LogP contribution in [0.15, 0.2) is 24.3 Å². The molecule has 3 nitrogen and oxygen atoms in total. The zero-order chi connectivity index (χ0) is 14.5. The monoisotopic (exact) mass is 275 g/mol. The molecule has 0 saturated carbocycles. The fraction of sp³-hybridized carbons (Fsp3) is 0.462. The summed E-state index contributed by atoms with van der Waals surface area (Å²) in [5.41, 5.74) is -1.30. The van der Waals surface area contributed by atoms with E-state index < -0.39 is 17.6 Å². The SMILES string of the molecule is CC[C@H](COC)NC(=O)c1ccccc1C(F)(F)F. The fourth-order valence-corrected chi connectivity index (χ4v) is 1.65. The van der Waals surface area contributed by atoms with Crippen molar-refractivity contribution in [2.24, 2.45) is 0 Å². The number of nitrogens with one attached hydrogen (secondary N) is 1. The van der Waals surface area contributed by atoms with Crippen LogP contribution in [0.25, 0.3) is 0 Å². The average molecular weight is 275 g/mol. The molecule has 1 aromatic carbocycles. The average Bonchev–Trinajstić information content (AvgIpc) is 2.37. The van der Waals surface area contributed by atoms with Crippen molar-refractivity contribution in [3.05, 3.63) is 35.4 Å². The number of alkyl halides is 3. The van der Waals surface area contributed by atoms with E-state index in [9.17, 15) is 18.0 Å². The van der Waals surface area contributed by atoms with Crippen LogP contribution in [0.4, 0.5) is 13.2 Å². The quantitative estimate of drug-likeness (QED) is 0.897. The van der Waals surface area contributed by atoms with E-state index in [1.807, 2.05) is 6.92 Å². The summed E-state index contributed by atoms with van der Waals surface area (Å²) in [4.78, 5) is 11.9. The third kappa shape index (κ3) is 4.24. The summed E-state index contributed by atoms with van der Waals surface area (Å²) in [7, 11) is 1.47. The van der Waals surface area contributed by atoms with Gasteiger partial charge in [0.05, 0.1) is 23.8 Å². The Balaban J connectivity index is 2.94. The van der Waals surface area contributed by atoms with Gasteiger partial charge in [-0.1, -0.05) is 19.1 Å². The molecule has 0 aromatic heterocycles. The lowest BCUT2D eigenvalue weighted by molar-refractivity contribution is -0.137. The fourth-order valence-electron chi connectivity index (χ4n) is 1.65. The van der Waals surface area contributed by atoms with E-state index in [4.69, 9.17) is 4.74 Å². The van der Waals surface area contributed by atoms with Crippen molar-refractivity contribution < 1.29 is 22.7 Å². The number of halogens is 3. The highest BCUT2D eigenvalue weighted by molar-refractivity contribution is 5.96. The van der Waals surface area contributed by atoms with Crippen molar-refractivity contribution in [2.75, 3.05) is 13.7 Å². The molecule has 0 spiro atoms. The van der Waals surface area contributed by atoms with E-state index in [0.29, 0.717) is 6.42 Å². The Labute approximate surface area is 109 Å². The maximum Gasteiger partial charge on any atom is 0.417 e. The maximum atomic E-state index is 12.8. The Morgan fingerprint density at radius 2 is 2.00 bits per heavy atom. The second-order valence-corrected chi connectivity index (χ2v) is 4.08. The van der Waals surface area contributed by atoms with Crippen molar-refractivity contribution >= 4 is 5.91 Å². The van der Waals surface area contributed by atoms with E-state index in [0.717, 1.165) is 12.1 Å². The minimum atomic E-state index is -4.54.